The zero-order valence-corrected chi connectivity index (χ0v) is 11.2. The number of nitrogens with zero attached hydrogens (tertiary/aromatic N) is 1. The Labute approximate surface area is 106 Å². The first-order chi connectivity index (χ1) is 8.42. The second-order valence-corrected chi connectivity index (χ2v) is 5.27. The molecule has 0 radical (unpaired) electrons. The van der Waals surface area contributed by atoms with Crippen molar-refractivity contribution in [1.29, 1.82) is 0 Å². The SMILES string of the molecule is CCCCCc1ccnc2c1CCCCCC2. The number of rotatable bonds is 4. The molecule has 0 atom stereocenters. The van der Waals surface area contributed by atoms with Crippen LogP contribution >= 0.6 is 0 Å². The molecule has 0 fully saturated rings. The molecule has 0 saturated carbocycles. The molecule has 0 N–H and O–H groups in total. The molecule has 1 aliphatic rings. The summed E-state index contributed by atoms with van der Waals surface area (Å²) in [6.45, 7) is 2.28. The fraction of sp³-hybridized carbons (Fsp3) is 0.688. The van der Waals surface area contributed by atoms with Gasteiger partial charge in [-0.2, -0.15) is 0 Å². The summed E-state index contributed by atoms with van der Waals surface area (Å²) in [5.74, 6) is 0. The summed E-state index contributed by atoms with van der Waals surface area (Å²) < 4.78 is 0. The maximum atomic E-state index is 4.61. The van der Waals surface area contributed by atoms with Crippen molar-refractivity contribution in [3.05, 3.63) is 29.1 Å². The number of hydrogen-bond donors (Lipinski definition) is 0. The van der Waals surface area contributed by atoms with E-state index in [0.717, 1.165) is 0 Å². The van der Waals surface area contributed by atoms with Crippen LogP contribution in [0.15, 0.2) is 12.3 Å². The Morgan fingerprint density at radius 2 is 1.88 bits per heavy atom. The second-order valence-electron chi connectivity index (χ2n) is 5.27. The molecule has 2 rings (SSSR count). The molecule has 1 aromatic rings. The highest BCUT2D eigenvalue weighted by Crippen LogP contribution is 2.23. The van der Waals surface area contributed by atoms with E-state index in [1.807, 2.05) is 6.20 Å². The Morgan fingerprint density at radius 1 is 1.06 bits per heavy atom. The number of pyridine rings is 1. The van der Waals surface area contributed by atoms with E-state index in [9.17, 15) is 0 Å². The average molecular weight is 231 g/mol. The van der Waals surface area contributed by atoms with Crippen LogP contribution in [0.5, 0.6) is 0 Å². The van der Waals surface area contributed by atoms with E-state index in [1.54, 1.807) is 11.1 Å². The van der Waals surface area contributed by atoms with E-state index in [2.05, 4.69) is 18.0 Å². The number of unbranched alkanes of at least 4 members (excludes halogenated alkanes) is 2. The third kappa shape index (κ3) is 3.55. The number of hydrogen-bond acceptors (Lipinski definition) is 1. The molecule has 0 bridgehead atoms. The maximum absolute atomic E-state index is 4.61. The largest absolute Gasteiger partial charge is 0.261 e. The van der Waals surface area contributed by atoms with Crippen molar-refractivity contribution in [3.63, 3.8) is 0 Å². The van der Waals surface area contributed by atoms with Crippen molar-refractivity contribution >= 4 is 0 Å². The maximum Gasteiger partial charge on any atom is 0.0438 e. The predicted molar refractivity (Wildman–Crippen MR) is 73.3 cm³/mol. The topological polar surface area (TPSA) is 12.9 Å². The lowest BCUT2D eigenvalue weighted by Crippen LogP contribution is -2.06. The monoisotopic (exact) mass is 231 g/mol. The van der Waals surface area contributed by atoms with Crippen LogP contribution in [0.3, 0.4) is 0 Å². The minimum atomic E-state index is 1.21. The molecule has 1 aromatic heterocycles. The minimum absolute atomic E-state index is 1.21. The average Bonchev–Trinajstić information content (AvgIpc) is 2.31. The van der Waals surface area contributed by atoms with Gasteiger partial charge >= 0.3 is 0 Å². The van der Waals surface area contributed by atoms with E-state index >= 15 is 0 Å². The Morgan fingerprint density at radius 3 is 2.71 bits per heavy atom. The van der Waals surface area contributed by atoms with Crippen LogP contribution in [0.4, 0.5) is 0 Å². The van der Waals surface area contributed by atoms with Crippen molar-refractivity contribution in [3.8, 4) is 0 Å². The van der Waals surface area contributed by atoms with Gasteiger partial charge in [-0.1, -0.05) is 32.6 Å². The molecule has 94 valence electrons. The first-order valence-corrected chi connectivity index (χ1v) is 7.37. The van der Waals surface area contributed by atoms with Crippen molar-refractivity contribution in [2.75, 3.05) is 0 Å². The van der Waals surface area contributed by atoms with Crippen molar-refractivity contribution < 1.29 is 0 Å². The summed E-state index contributed by atoms with van der Waals surface area (Å²) in [7, 11) is 0. The normalized spacial score (nSPS) is 16.1. The van der Waals surface area contributed by atoms with Crippen LogP contribution in [0.2, 0.25) is 0 Å². The van der Waals surface area contributed by atoms with E-state index < -0.39 is 0 Å². The van der Waals surface area contributed by atoms with Crippen LogP contribution in [-0.4, -0.2) is 4.98 Å². The number of aromatic nitrogens is 1. The van der Waals surface area contributed by atoms with Crippen LogP contribution in [-0.2, 0) is 19.3 Å². The van der Waals surface area contributed by atoms with Gasteiger partial charge in [-0.25, -0.2) is 0 Å². The standard InChI is InChI=1S/C16H25N/c1-2-3-6-9-14-12-13-17-16-11-8-5-4-7-10-15(14)16/h12-13H,2-11H2,1H3. The van der Waals surface area contributed by atoms with Gasteiger partial charge in [-0.05, 0) is 55.7 Å². The molecule has 0 saturated heterocycles. The zero-order chi connectivity index (χ0) is 11.9. The third-order valence-corrected chi connectivity index (χ3v) is 3.88. The first-order valence-electron chi connectivity index (χ1n) is 7.37. The van der Waals surface area contributed by atoms with Crippen LogP contribution in [0.25, 0.3) is 0 Å². The van der Waals surface area contributed by atoms with Crippen molar-refractivity contribution in [1.82, 2.24) is 4.98 Å². The van der Waals surface area contributed by atoms with E-state index in [0.29, 0.717) is 0 Å². The molecule has 0 aliphatic heterocycles. The lowest BCUT2D eigenvalue weighted by molar-refractivity contribution is 0.603. The quantitative estimate of drug-likeness (QED) is 0.697. The molecule has 1 heteroatoms. The van der Waals surface area contributed by atoms with Gasteiger partial charge in [0.1, 0.15) is 0 Å². The molecule has 0 aromatic carbocycles. The zero-order valence-electron chi connectivity index (χ0n) is 11.2. The van der Waals surface area contributed by atoms with E-state index in [1.165, 1.54) is 69.9 Å². The van der Waals surface area contributed by atoms with Gasteiger partial charge in [-0.15, -0.1) is 0 Å². The minimum Gasteiger partial charge on any atom is -0.261 e. The molecule has 1 aliphatic carbocycles. The highest BCUT2D eigenvalue weighted by Gasteiger charge is 2.11. The fourth-order valence-corrected chi connectivity index (χ4v) is 2.85. The van der Waals surface area contributed by atoms with E-state index in [4.69, 9.17) is 0 Å². The summed E-state index contributed by atoms with van der Waals surface area (Å²) >= 11 is 0. The molecular formula is C16H25N. The summed E-state index contributed by atoms with van der Waals surface area (Å²) in [6.07, 6.45) is 15.3. The molecule has 0 unspecified atom stereocenters. The summed E-state index contributed by atoms with van der Waals surface area (Å²) in [5.41, 5.74) is 4.59. The van der Waals surface area contributed by atoms with Gasteiger partial charge in [0.05, 0.1) is 0 Å². The van der Waals surface area contributed by atoms with Crippen molar-refractivity contribution in [2.45, 2.75) is 71.1 Å². The lowest BCUT2D eigenvalue weighted by Gasteiger charge is -2.16. The van der Waals surface area contributed by atoms with Gasteiger partial charge in [0.15, 0.2) is 0 Å². The van der Waals surface area contributed by atoms with Gasteiger partial charge in [0, 0.05) is 11.9 Å². The Hall–Kier alpha value is -0.850. The Balaban J connectivity index is 2.11. The van der Waals surface area contributed by atoms with Gasteiger partial charge in [0.2, 0.25) is 0 Å². The molecule has 0 spiro atoms. The smallest absolute Gasteiger partial charge is 0.0438 e. The highest BCUT2D eigenvalue weighted by molar-refractivity contribution is 5.31. The van der Waals surface area contributed by atoms with Crippen LogP contribution in [0, 0.1) is 0 Å². The Bertz CT molecular complexity index is 343. The third-order valence-electron chi connectivity index (χ3n) is 3.88. The summed E-state index contributed by atoms with van der Waals surface area (Å²) in [5, 5.41) is 0. The molecular weight excluding hydrogens is 206 g/mol. The fourth-order valence-electron chi connectivity index (χ4n) is 2.85. The molecule has 0 amide bonds. The van der Waals surface area contributed by atoms with E-state index in [-0.39, 0.29) is 0 Å². The lowest BCUT2D eigenvalue weighted by atomic mass is 9.92. The predicted octanol–water partition coefficient (Wildman–Crippen LogP) is 4.47. The molecule has 1 heterocycles. The van der Waals surface area contributed by atoms with Crippen molar-refractivity contribution in [2.24, 2.45) is 0 Å². The Kier molecular flexibility index (Phi) is 5.03. The molecule has 1 nitrogen and oxygen atoms in total. The van der Waals surface area contributed by atoms with Gasteiger partial charge in [0.25, 0.3) is 0 Å². The number of fused-ring (bicyclic) bond motifs is 1. The van der Waals surface area contributed by atoms with Crippen LogP contribution in [0.1, 0.15) is 68.7 Å². The number of aryl methyl sites for hydroxylation is 2. The second kappa shape index (κ2) is 6.78. The highest BCUT2D eigenvalue weighted by atomic mass is 14.7. The summed E-state index contributed by atoms with van der Waals surface area (Å²) in [4.78, 5) is 4.61. The summed E-state index contributed by atoms with van der Waals surface area (Å²) in [6, 6.07) is 2.26. The van der Waals surface area contributed by atoms with Gasteiger partial charge in [-0.3, -0.25) is 4.98 Å². The van der Waals surface area contributed by atoms with Gasteiger partial charge < -0.3 is 0 Å². The molecule has 17 heavy (non-hydrogen) atoms. The van der Waals surface area contributed by atoms with Crippen LogP contribution < -0.4 is 0 Å². The first kappa shape index (κ1) is 12.6.